The normalized spacial score (nSPS) is 14.9. The van der Waals surface area contributed by atoms with Crippen LogP contribution in [0.1, 0.15) is 22.7 Å². The fraction of sp³-hybridized carbons (Fsp3) is 0.333. The monoisotopic (exact) mass is 405 g/mol. The van der Waals surface area contributed by atoms with Gasteiger partial charge in [-0.1, -0.05) is 39.1 Å². The van der Waals surface area contributed by atoms with Crippen LogP contribution in [0.5, 0.6) is 5.75 Å². The molecule has 0 saturated heterocycles. The topological polar surface area (TPSA) is 21.3 Å². The molecule has 2 aromatic rings. The molecule has 0 saturated carbocycles. The lowest BCUT2D eigenvalue weighted by Crippen LogP contribution is -2.19. The molecule has 0 radical (unpaired) electrons. The number of hydrogen-bond donors (Lipinski definition) is 1. The number of halogens is 3. The third-order valence-corrected chi connectivity index (χ3v) is 5.63. The van der Waals surface area contributed by atoms with Crippen molar-refractivity contribution in [2.45, 2.75) is 18.9 Å². The highest BCUT2D eigenvalue weighted by Gasteiger charge is 2.22. The lowest BCUT2D eigenvalue weighted by Gasteiger charge is -2.18. The smallest absolute Gasteiger partial charge is 0.125 e. The fourth-order valence-electron chi connectivity index (χ4n) is 2.68. The van der Waals surface area contributed by atoms with Gasteiger partial charge in [0.1, 0.15) is 5.75 Å². The van der Waals surface area contributed by atoms with E-state index >= 15 is 0 Å². The van der Waals surface area contributed by atoms with Crippen molar-refractivity contribution in [1.82, 2.24) is 5.32 Å². The van der Waals surface area contributed by atoms with E-state index in [1.54, 1.807) is 0 Å². The Morgan fingerprint density at radius 1 is 1.38 bits per heavy atom. The molecule has 2 nitrogen and oxygen atoms in total. The number of fused-ring (bicyclic) bond motifs is 1. The highest BCUT2D eigenvalue weighted by molar-refractivity contribution is 9.10. The standard InChI is InChI=1S/C15H14BrCl2NOS/c1-19-12(11-7-13(17)21-15(11)18)6-9-5-10(16)4-8-2-3-20-14(8)9/h4-5,7,12,19H,2-3,6H2,1H3. The van der Waals surface area contributed by atoms with Gasteiger partial charge in [-0.3, -0.25) is 0 Å². The molecule has 0 amide bonds. The van der Waals surface area contributed by atoms with E-state index in [9.17, 15) is 0 Å². The summed E-state index contributed by atoms with van der Waals surface area (Å²) in [5.74, 6) is 1.02. The average Bonchev–Trinajstić information content (AvgIpc) is 3.02. The molecule has 2 heterocycles. The predicted molar refractivity (Wildman–Crippen MR) is 93.2 cm³/mol. The van der Waals surface area contributed by atoms with Crippen molar-refractivity contribution in [2.75, 3.05) is 13.7 Å². The molecule has 1 aliphatic rings. The molecule has 6 heteroatoms. The Morgan fingerprint density at radius 2 is 2.19 bits per heavy atom. The first kappa shape index (κ1) is 15.6. The van der Waals surface area contributed by atoms with Crippen LogP contribution in [0, 0.1) is 0 Å². The van der Waals surface area contributed by atoms with Gasteiger partial charge >= 0.3 is 0 Å². The summed E-state index contributed by atoms with van der Waals surface area (Å²) in [6.45, 7) is 0.758. The summed E-state index contributed by atoms with van der Waals surface area (Å²) >= 11 is 17.3. The van der Waals surface area contributed by atoms with E-state index in [-0.39, 0.29) is 6.04 Å². The minimum atomic E-state index is 0.115. The Hall–Kier alpha value is -0.260. The van der Waals surface area contributed by atoms with Gasteiger partial charge in [-0.25, -0.2) is 0 Å². The summed E-state index contributed by atoms with van der Waals surface area (Å²) < 4.78 is 8.34. The third kappa shape index (κ3) is 3.25. The van der Waals surface area contributed by atoms with Crippen LogP contribution in [0.4, 0.5) is 0 Å². The Kier molecular flexibility index (Phi) is 4.81. The molecule has 1 atom stereocenters. The van der Waals surface area contributed by atoms with Crippen LogP contribution in [0.25, 0.3) is 0 Å². The number of benzene rings is 1. The molecule has 1 N–H and O–H groups in total. The largest absolute Gasteiger partial charge is 0.493 e. The maximum Gasteiger partial charge on any atom is 0.125 e. The Bertz CT molecular complexity index is 674. The molecular weight excluding hydrogens is 393 g/mol. The number of nitrogens with one attached hydrogen (secondary N) is 1. The van der Waals surface area contributed by atoms with E-state index in [1.807, 2.05) is 13.1 Å². The third-order valence-electron chi connectivity index (χ3n) is 3.66. The molecule has 112 valence electrons. The highest BCUT2D eigenvalue weighted by atomic mass is 79.9. The van der Waals surface area contributed by atoms with Crippen LogP contribution in [0.2, 0.25) is 8.67 Å². The van der Waals surface area contributed by atoms with E-state index < -0.39 is 0 Å². The molecule has 3 rings (SSSR count). The first-order valence-corrected chi connectivity index (χ1v) is 9.01. The molecule has 0 bridgehead atoms. The lowest BCUT2D eigenvalue weighted by molar-refractivity contribution is 0.352. The van der Waals surface area contributed by atoms with E-state index in [2.05, 4.69) is 33.4 Å². The van der Waals surface area contributed by atoms with Gasteiger partial charge in [0.25, 0.3) is 0 Å². The molecule has 1 aromatic heterocycles. The first-order chi connectivity index (χ1) is 10.1. The van der Waals surface area contributed by atoms with Gasteiger partial charge in [-0.2, -0.15) is 0 Å². The summed E-state index contributed by atoms with van der Waals surface area (Å²) in [5, 5.41) is 3.32. The summed E-state index contributed by atoms with van der Waals surface area (Å²) in [5.41, 5.74) is 3.50. The van der Waals surface area contributed by atoms with Crippen LogP contribution in [0.15, 0.2) is 22.7 Å². The Balaban J connectivity index is 1.93. The van der Waals surface area contributed by atoms with Gasteiger partial charge in [-0.15, -0.1) is 11.3 Å². The Labute approximate surface area is 146 Å². The first-order valence-electron chi connectivity index (χ1n) is 6.64. The zero-order chi connectivity index (χ0) is 15.0. The second-order valence-corrected chi connectivity index (χ2v) is 8.18. The number of thiophene rings is 1. The van der Waals surface area contributed by atoms with Gasteiger partial charge in [0.2, 0.25) is 0 Å². The van der Waals surface area contributed by atoms with Crippen molar-refractivity contribution in [2.24, 2.45) is 0 Å². The van der Waals surface area contributed by atoms with Crippen LogP contribution in [-0.2, 0) is 12.8 Å². The summed E-state index contributed by atoms with van der Waals surface area (Å²) in [6.07, 6.45) is 1.78. The molecule has 21 heavy (non-hydrogen) atoms. The van der Waals surface area contributed by atoms with Gasteiger partial charge in [0, 0.05) is 22.5 Å². The number of hydrogen-bond acceptors (Lipinski definition) is 3. The zero-order valence-corrected chi connectivity index (χ0v) is 15.3. The maximum absolute atomic E-state index is 6.29. The summed E-state index contributed by atoms with van der Waals surface area (Å²) in [6, 6.07) is 6.31. The van der Waals surface area contributed by atoms with E-state index in [4.69, 9.17) is 27.9 Å². The van der Waals surface area contributed by atoms with Crippen LogP contribution < -0.4 is 10.1 Å². The minimum Gasteiger partial charge on any atom is -0.493 e. The van der Waals surface area contributed by atoms with Gasteiger partial charge in [-0.05, 0) is 42.8 Å². The van der Waals surface area contributed by atoms with Crippen LogP contribution in [0.3, 0.4) is 0 Å². The van der Waals surface area contributed by atoms with Crippen molar-refractivity contribution in [3.05, 3.63) is 48.0 Å². The van der Waals surface area contributed by atoms with Crippen molar-refractivity contribution < 1.29 is 4.74 Å². The second kappa shape index (κ2) is 6.47. The predicted octanol–water partition coefficient (Wildman–Crippen LogP) is 5.26. The highest BCUT2D eigenvalue weighted by Crippen LogP contribution is 2.39. The molecular formula is C15H14BrCl2NOS. The molecule has 1 aliphatic heterocycles. The molecule has 1 unspecified atom stereocenters. The van der Waals surface area contributed by atoms with Gasteiger partial charge in [0.15, 0.2) is 0 Å². The Morgan fingerprint density at radius 3 is 2.86 bits per heavy atom. The lowest BCUT2D eigenvalue weighted by atomic mass is 9.98. The van der Waals surface area contributed by atoms with Crippen LogP contribution >= 0.6 is 50.5 Å². The quantitative estimate of drug-likeness (QED) is 0.747. The van der Waals surface area contributed by atoms with E-state index in [1.165, 1.54) is 22.5 Å². The SMILES string of the molecule is CNC(Cc1cc(Br)cc2c1OCC2)c1cc(Cl)sc1Cl. The number of likely N-dealkylation sites (N-methyl/N-ethyl adjacent to an activating group) is 1. The van der Waals surface area contributed by atoms with Crippen molar-refractivity contribution >= 4 is 50.5 Å². The van der Waals surface area contributed by atoms with Crippen molar-refractivity contribution in [1.29, 1.82) is 0 Å². The second-order valence-electron chi connectivity index (χ2n) is 4.98. The minimum absolute atomic E-state index is 0.115. The van der Waals surface area contributed by atoms with Crippen molar-refractivity contribution in [3.63, 3.8) is 0 Å². The van der Waals surface area contributed by atoms with Gasteiger partial charge in [0.05, 0.1) is 15.3 Å². The zero-order valence-electron chi connectivity index (χ0n) is 11.4. The fourth-order valence-corrected chi connectivity index (χ4v) is 4.81. The molecule has 1 aromatic carbocycles. The maximum atomic E-state index is 6.29. The van der Waals surface area contributed by atoms with Crippen molar-refractivity contribution in [3.8, 4) is 5.75 Å². The average molecular weight is 407 g/mol. The van der Waals surface area contributed by atoms with E-state index in [0.717, 1.165) is 39.6 Å². The van der Waals surface area contributed by atoms with Crippen LogP contribution in [-0.4, -0.2) is 13.7 Å². The summed E-state index contributed by atoms with van der Waals surface area (Å²) in [4.78, 5) is 0. The van der Waals surface area contributed by atoms with E-state index in [0.29, 0.717) is 4.34 Å². The number of rotatable bonds is 4. The van der Waals surface area contributed by atoms with Gasteiger partial charge < -0.3 is 10.1 Å². The molecule has 0 spiro atoms. The molecule has 0 aliphatic carbocycles. The summed E-state index contributed by atoms with van der Waals surface area (Å²) in [7, 11) is 1.94. The number of ether oxygens (including phenoxy) is 1. The molecule has 0 fully saturated rings.